The van der Waals surface area contributed by atoms with Crippen LogP contribution in [-0.2, 0) is 0 Å². The highest BCUT2D eigenvalue weighted by atomic mass is 79.9. The fourth-order valence-electron chi connectivity index (χ4n) is 2.18. The summed E-state index contributed by atoms with van der Waals surface area (Å²) in [6.07, 6.45) is 4.53. The van der Waals surface area contributed by atoms with Crippen molar-refractivity contribution in [3.05, 3.63) is 92.6 Å². The number of rotatable bonds is 5. The van der Waals surface area contributed by atoms with Crippen LogP contribution < -0.4 is 10.2 Å². The van der Waals surface area contributed by atoms with Crippen molar-refractivity contribution in [1.82, 2.24) is 10.4 Å². The molecule has 0 radical (unpaired) electrons. The van der Waals surface area contributed by atoms with Crippen LogP contribution in [0, 0.1) is 0 Å². The van der Waals surface area contributed by atoms with Crippen LogP contribution in [0.1, 0.15) is 26.3 Å². The van der Waals surface area contributed by atoms with Crippen molar-refractivity contribution >= 4 is 50.0 Å². The van der Waals surface area contributed by atoms with Gasteiger partial charge in [0.2, 0.25) is 0 Å². The number of nitrogens with zero attached hydrogens (tertiary/aromatic N) is 2. The molecule has 28 heavy (non-hydrogen) atoms. The number of esters is 1. The molecule has 0 fully saturated rings. The van der Waals surface area contributed by atoms with Crippen LogP contribution in [0.25, 0.3) is 0 Å². The summed E-state index contributed by atoms with van der Waals surface area (Å²) in [6.45, 7) is 0. The van der Waals surface area contributed by atoms with Gasteiger partial charge in [0.25, 0.3) is 5.91 Å². The van der Waals surface area contributed by atoms with Crippen LogP contribution in [0.3, 0.4) is 0 Å². The van der Waals surface area contributed by atoms with Crippen LogP contribution in [0.5, 0.6) is 5.75 Å². The van der Waals surface area contributed by atoms with Gasteiger partial charge in [0.05, 0.1) is 17.3 Å². The number of hydrazone groups is 1. The van der Waals surface area contributed by atoms with Crippen molar-refractivity contribution in [2.75, 3.05) is 0 Å². The summed E-state index contributed by atoms with van der Waals surface area (Å²) in [7, 11) is 0. The molecule has 1 heterocycles. The van der Waals surface area contributed by atoms with Gasteiger partial charge in [-0.2, -0.15) is 5.10 Å². The van der Waals surface area contributed by atoms with E-state index in [1.807, 2.05) is 6.07 Å². The number of nitrogens with one attached hydrogen (secondary N) is 1. The van der Waals surface area contributed by atoms with Crippen LogP contribution >= 0.6 is 31.9 Å². The number of amides is 1. The SMILES string of the molecule is O=C(NN=Cc1ccc(OC(=O)c2ccccc2Br)cc1)c1cncc(Br)c1. The number of hydrogen-bond donors (Lipinski definition) is 1. The van der Waals surface area contributed by atoms with E-state index < -0.39 is 5.97 Å². The maximum Gasteiger partial charge on any atom is 0.344 e. The van der Waals surface area contributed by atoms with E-state index in [2.05, 4.69) is 47.4 Å². The molecule has 1 amide bonds. The monoisotopic (exact) mass is 501 g/mol. The van der Waals surface area contributed by atoms with Crippen molar-refractivity contribution in [2.24, 2.45) is 5.10 Å². The molecule has 0 aliphatic rings. The van der Waals surface area contributed by atoms with E-state index in [1.165, 1.54) is 12.4 Å². The summed E-state index contributed by atoms with van der Waals surface area (Å²) in [5.41, 5.74) is 3.99. The predicted molar refractivity (Wildman–Crippen MR) is 113 cm³/mol. The molecule has 3 rings (SSSR count). The number of carbonyl (C=O) groups excluding carboxylic acids is 2. The fourth-order valence-corrected chi connectivity index (χ4v) is 2.99. The zero-order valence-corrected chi connectivity index (χ0v) is 17.5. The van der Waals surface area contributed by atoms with E-state index in [0.717, 1.165) is 5.56 Å². The number of ether oxygens (including phenoxy) is 1. The standard InChI is InChI=1S/C20H13Br2N3O3/c21-15-9-14(11-23-12-15)19(26)25-24-10-13-5-7-16(8-6-13)28-20(27)17-3-1-2-4-18(17)22/h1-12H,(H,25,26). The highest BCUT2D eigenvalue weighted by molar-refractivity contribution is 9.10. The largest absolute Gasteiger partial charge is 0.423 e. The van der Waals surface area contributed by atoms with Gasteiger partial charge in [-0.15, -0.1) is 0 Å². The molecule has 0 bridgehead atoms. The van der Waals surface area contributed by atoms with Gasteiger partial charge >= 0.3 is 5.97 Å². The third-order valence-electron chi connectivity index (χ3n) is 3.53. The van der Waals surface area contributed by atoms with Gasteiger partial charge in [-0.05, 0) is 79.9 Å². The molecule has 0 aliphatic carbocycles. The van der Waals surface area contributed by atoms with E-state index in [1.54, 1.807) is 54.7 Å². The molecule has 0 unspecified atom stereocenters. The minimum Gasteiger partial charge on any atom is -0.423 e. The zero-order chi connectivity index (χ0) is 19.9. The molecule has 1 N–H and O–H groups in total. The molecular formula is C20H13Br2N3O3. The molecule has 2 aromatic carbocycles. The number of pyridine rings is 1. The normalized spacial score (nSPS) is 10.6. The van der Waals surface area contributed by atoms with Crippen molar-refractivity contribution in [2.45, 2.75) is 0 Å². The first-order valence-electron chi connectivity index (χ1n) is 8.03. The fraction of sp³-hybridized carbons (Fsp3) is 0. The van der Waals surface area contributed by atoms with Crippen molar-refractivity contribution in [1.29, 1.82) is 0 Å². The highest BCUT2D eigenvalue weighted by Crippen LogP contribution is 2.19. The predicted octanol–water partition coefficient (Wildman–Crippen LogP) is 4.59. The molecule has 1 aromatic heterocycles. The molecule has 0 atom stereocenters. The Morgan fingerprint density at radius 1 is 1.04 bits per heavy atom. The second kappa shape index (κ2) is 9.38. The molecular weight excluding hydrogens is 490 g/mol. The molecule has 0 saturated heterocycles. The first kappa shape index (κ1) is 19.9. The molecule has 8 heteroatoms. The maximum absolute atomic E-state index is 12.2. The first-order valence-corrected chi connectivity index (χ1v) is 9.62. The number of carbonyl (C=O) groups is 2. The summed E-state index contributed by atoms with van der Waals surface area (Å²) in [5.74, 6) is -0.421. The lowest BCUT2D eigenvalue weighted by Gasteiger charge is -2.06. The third-order valence-corrected chi connectivity index (χ3v) is 4.66. The van der Waals surface area contributed by atoms with Crippen molar-refractivity contribution < 1.29 is 14.3 Å². The average Bonchev–Trinajstić information content (AvgIpc) is 2.69. The van der Waals surface area contributed by atoms with Crippen LogP contribution in [0.4, 0.5) is 0 Å². The average molecular weight is 503 g/mol. The lowest BCUT2D eigenvalue weighted by molar-refractivity contribution is 0.0733. The highest BCUT2D eigenvalue weighted by Gasteiger charge is 2.11. The third kappa shape index (κ3) is 5.34. The van der Waals surface area contributed by atoms with Gasteiger partial charge in [-0.3, -0.25) is 9.78 Å². The summed E-state index contributed by atoms with van der Waals surface area (Å²) in [6, 6.07) is 15.4. The van der Waals surface area contributed by atoms with Crippen LogP contribution in [-0.4, -0.2) is 23.1 Å². The van der Waals surface area contributed by atoms with Crippen molar-refractivity contribution in [3.8, 4) is 5.75 Å². The maximum atomic E-state index is 12.2. The Balaban J connectivity index is 1.58. The summed E-state index contributed by atoms with van der Waals surface area (Å²) < 4.78 is 6.73. The molecule has 0 spiro atoms. The second-order valence-corrected chi connectivity index (χ2v) is 7.30. The Morgan fingerprint density at radius 2 is 1.79 bits per heavy atom. The Hall–Kier alpha value is -2.84. The Kier molecular flexibility index (Phi) is 6.67. The van der Waals surface area contributed by atoms with E-state index >= 15 is 0 Å². The minimum atomic E-state index is -0.455. The molecule has 6 nitrogen and oxygen atoms in total. The Bertz CT molecular complexity index is 1040. The van der Waals surface area contributed by atoms with Gasteiger partial charge in [-0.25, -0.2) is 10.2 Å². The van der Waals surface area contributed by atoms with E-state index in [4.69, 9.17) is 4.74 Å². The van der Waals surface area contributed by atoms with E-state index in [9.17, 15) is 9.59 Å². The number of benzene rings is 2. The van der Waals surface area contributed by atoms with Gasteiger partial charge in [0, 0.05) is 21.3 Å². The minimum absolute atomic E-state index is 0.371. The van der Waals surface area contributed by atoms with Gasteiger partial charge in [0.15, 0.2) is 0 Å². The van der Waals surface area contributed by atoms with Crippen LogP contribution in [0.15, 0.2) is 81.0 Å². The van der Waals surface area contributed by atoms with Crippen molar-refractivity contribution in [3.63, 3.8) is 0 Å². The smallest absolute Gasteiger partial charge is 0.344 e. The molecule has 0 aliphatic heterocycles. The van der Waals surface area contributed by atoms with Crippen LogP contribution in [0.2, 0.25) is 0 Å². The summed E-state index contributed by atoms with van der Waals surface area (Å²) in [4.78, 5) is 28.1. The zero-order valence-electron chi connectivity index (χ0n) is 14.3. The van der Waals surface area contributed by atoms with E-state index in [0.29, 0.717) is 25.8 Å². The molecule has 0 saturated carbocycles. The lowest BCUT2D eigenvalue weighted by Crippen LogP contribution is -2.17. The van der Waals surface area contributed by atoms with Gasteiger partial charge in [0.1, 0.15) is 5.75 Å². The van der Waals surface area contributed by atoms with E-state index in [-0.39, 0.29) is 5.91 Å². The molecule has 3 aromatic rings. The van der Waals surface area contributed by atoms with Gasteiger partial charge in [-0.1, -0.05) is 12.1 Å². The topological polar surface area (TPSA) is 80.6 Å². The number of aromatic nitrogens is 1. The van der Waals surface area contributed by atoms with Gasteiger partial charge < -0.3 is 4.74 Å². The first-order chi connectivity index (χ1) is 13.5. The molecule has 140 valence electrons. The summed E-state index contributed by atoms with van der Waals surface area (Å²) >= 11 is 6.58. The lowest BCUT2D eigenvalue weighted by atomic mass is 10.2. The Labute approximate surface area is 177 Å². The second-order valence-electron chi connectivity index (χ2n) is 5.53. The summed E-state index contributed by atoms with van der Waals surface area (Å²) in [5, 5.41) is 3.92. The number of halogens is 2. The number of hydrogen-bond acceptors (Lipinski definition) is 5. The quantitative estimate of drug-likeness (QED) is 0.239. The Morgan fingerprint density at radius 3 is 2.50 bits per heavy atom.